The summed E-state index contributed by atoms with van der Waals surface area (Å²) in [5, 5.41) is 18.3. The fourth-order valence-electron chi connectivity index (χ4n) is 3.90. The van der Waals surface area contributed by atoms with Gasteiger partial charge in [-0.3, -0.25) is 0 Å². The van der Waals surface area contributed by atoms with Crippen molar-refractivity contribution in [3.8, 4) is 0 Å². The van der Waals surface area contributed by atoms with Crippen LogP contribution in [0.1, 0.15) is 70.1 Å². The van der Waals surface area contributed by atoms with Gasteiger partial charge in [-0.05, 0) is 53.5 Å². The molecule has 0 aromatic carbocycles. The van der Waals surface area contributed by atoms with Crippen molar-refractivity contribution in [2.45, 2.75) is 65.1 Å². The van der Waals surface area contributed by atoms with Gasteiger partial charge in [-0.25, -0.2) is 14.5 Å². The minimum atomic E-state index is -1.07. The maximum Gasteiger partial charge on any atom is 0.338 e. The van der Waals surface area contributed by atoms with Gasteiger partial charge in [0.2, 0.25) is 0 Å². The minimum Gasteiger partial charge on any atom is -0.478 e. The van der Waals surface area contributed by atoms with Crippen molar-refractivity contribution >= 4 is 34.2 Å². The highest BCUT2D eigenvalue weighted by atomic mass is 35.5. The van der Waals surface area contributed by atoms with Gasteiger partial charge in [0.1, 0.15) is 0 Å². The monoisotopic (exact) mass is 376 g/mol. The lowest BCUT2D eigenvalue weighted by Gasteiger charge is -2.41. The van der Waals surface area contributed by atoms with E-state index in [1.165, 1.54) is 6.20 Å². The molecular weight excluding hydrogens is 352 g/mol. The van der Waals surface area contributed by atoms with E-state index in [4.69, 9.17) is 16.6 Å². The van der Waals surface area contributed by atoms with Crippen molar-refractivity contribution in [1.82, 2.24) is 20.1 Å². The second-order valence-electron chi connectivity index (χ2n) is 8.45. The Morgan fingerprint density at radius 2 is 2.00 bits per heavy atom. The fourth-order valence-corrected chi connectivity index (χ4v) is 4.25. The summed E-state index contributed by atoms with van der Waals surface area (Å²) >= 11 is 6.55. The third-order valence-corrected chi connectivity index (χ3v) is 4.89. The molecule has 3 rings (SSSR count). The van der Waals surface area contributed by atoms with Crippen LogP contribution >= 0.6 is 11.6 Å². The maximum atomic E-state index is 11.9. The van der Waals surface area contributed by atoms with Gasteiger partial charge < -0.3 is 10.4 Å². The first-order valence-electron chi connectivity index (χ1n) is 8.73. The van der Waals surface area contributed by atoms with Crippen LogP contribution in [-0.2, 0) is 0 Å². The number of hydrogen-bond donors (Lipinski definition) is 2. The molecule has 0 fully saturated rings. The Morgan fingerprint density at radius 1 is 1.35 bits per heavy atom. The Labute approximate surface area is 158 Å². The Balaban J connectivity index is 2.33. The van der Waals surface area contributed by atoms with Gasteiger partial charge in [-0.2, -0.15) is 5.10 Å². The average Bonchev–Trinajstić information content (AvgIpc) is 2.85. The minimum absolute atomic E-state index is 0.0607. The van der Waals surface area contributed by atoms with E-state index in [1.807, 2.05) is 13.8 Å². The molecule has 140 valence electrons. The largest absolute Gasteiger partial charge is 0.478 e. The molecule has 0 saturated carbocycles. The van der Waals surface area contributed by atoms with Crippen LogP contribution in [0.25, 0.3) is 16.6 Å². The molecule has 3 heterocycles. The number of fused-ring (bicyclic) bond motifs is 1. The zero-order valence-corrected chi connectivity index (χ0v) is 16.8. The Morgan fingerprint density at radius 3 is 2.54 bits per heavy atom. The molecule has 1 aliphatic rings. The average molecular weight is 377 g/mol. The highest BCUT2D eigenvalue weighted by molar-refractivity contribution is 6.36. The molecule has 0 bridgehead atoms. The fraction of sp³-hybridized carbons (Fsp3) is 0.526. The molecule has 0 amide bonds. The molecule has 0 spiro atoms. The van der Waals surface area contributed by atoms with Crippen LogP contribution < -0.4 is 5.32 Å². The van der Waals surface area contributed by atoms with Crippen molar-refractivity contribution < 1.29 is 9.90 Å². The predicted octanol–water partition coefficient (Wildman–Crippen LogP) is 4.30. The molecule has 0 atom stereocenters. The number of hydrogen-bond acceptors (Lipinski definition) is 4. The van der Waals surface area contributed by atoms with Crippen LogP contribution in [0.4, 0.5) is 0 Å². The molecule has 2 N–H and O–H groups in total. The SMILES string of the molecule is CC(C)n1ncc2c(C(=O)O)c(Cl)c(C3=CC(C)(C)NC(C)(C)C3)nc21. The van der Waals surface area contributed by atoms with Crippen LogP contribution in [0, 0.1) is 0 Å². The van der Waals surface area contributed by atoms with E-state index in [0.717, 1.165) is 5.57 Å². The smallest absolute Gasteiger partial charge is 0.338 e. The van der Waals surface area contributed by atoms with Gasteiger partial charge in [0, 0.05) is 17.1 Å². The normalized spacial score (nSPS) is 19.0. The van der Waals surface area contributed by atoms with Gasteiger partial charge >= 0.3 is 5.97 Å². The molecule has 1 aliphatic heterocycles. The highest BCUT2D eigenvalue weighted by Gasteiger charge is 2.35. The number of nitrogens with one attached hydrogen (secondary N) is 1. The van der Waals surface area contributed by atoms with Crippen LogP contribution in [-0.4, -0.2) is 36.9 Å². The lowest BCUT2D eigenvalue weighted by molar-refractivity contribution is 0.0699. The number of halogens is 1. The van der Waals surface area contributed by atoms with Crippen molar-refractivity contribution in [2.24, 2.45) is 0 Å². The van der Waals surface area contributed by atoms with Gasteiger partial charge in [0.25, 0.3) is 0 Å². The van der Waals surface area contributed by atoms with Gasteiger partial charge in [0.15, 0.2) is 5.65 Å². The first-order valence-corrected chi connectivity index (χ1v) is 9.11. The number of carboxylic acid groups (broad SMARTS) is 1. The number of aromatic nitrogens is 3. The zero-order valence-electron chi connectivity index (χ0n) is 16.0. The highest BCUT2D eigenvalue weighted by Crippen LogP contribution is 2.38. The number of rotatable bonds is 3. The van der Waals surface area contributed by atoms with Gasteiger partial charge in [-0.15, -0.1) is 0 Å². The number of nitrogens with zero attached hydrogens (tertiary/aromatic N) is 3. The molecular formula is C19H25ClN4O2. The van der Waals surface area contributed by atoms with E-state index in [9.17, 15) is 9.90 Å². The van der Waals surface area contributed by atoms with E-state index in [0.29, 0.717) is 23.1 Å². The van der Waals surface area contributed by atoms with Crippen molar-refractivity contribution in [3.63, 3.8) is 0 Å². The molecule has 26 heavy (non-hydrogen) atoms. The molecule has 0 unspecified atom stereocenters. The van der Waals surface area contributed by atoms with Crippen LogP contribution in [0.15, 0.2) is 12.3 Å². The summed E-state index contributed by atoms with van der Waals surface area (Å²) in [6.07, 6.45) is 4.32. The van der Waals surface area contributed by atoms with Crippen molar-refractivity contribution in [1.29, 1.82) is 0 Å². The van der Waals surface area contributed by atoms with Crippen LogP contribution in [0.2, 0.25) is 5.02 Å². The van der Waals surface area contributed by atoms with E-state index < -0.39 is 5.97 Å². The number of pyridine rings is 1. The number of carboxylic acids is 1. The summed E-state index contributed by atoms with van der Waals surface area (Å²) < 4.78 is 1.74. The molecule has 0 aliphatic carbocycles. The second kappa shape index (κ2) is 6.06. The summed E-state index contributed by atoms with van der Waals surface area (Å²) in [6, 6.07) is 0.0607. The van der Waals surface area contributed by atoms with Gasteiger partial charge in [-0.1, -0.05) is 17.7 Å². The molecule has 0 saturated heterocycles. The summed E-state index contributed by atoms with van der Waals surface area (Å²) in [4.78, 5) is 16.7. The summed E-state index contributed by atoms with van der Waals surface area (Å²) in [5.41, 5.74) is 1.68. The van der Waals surface area contributed by atoms with Crippen LogP contribution in [0.5, 0.6) is 0 Å². The van der Waals surface area contributed by atoms with Crippen molar-refractivity contribution in [3.05, 3.63) is 28.6 Å². The van der Waals surface area contributed by atoms with E-state index in [1.54, 1.807) is 4.68 Å². The first-order chi connectivity index (χ1) is 11.9. The quantitative estimate of drug-likeness (QED) is 0.834. The predicted molar refractivity (Wildman–Crippen MR) is 104 cm³/mol. The lowest BCUT2D eigenvalue weighted by Crippen LogP contribution is -2.53. The van der Waals surface area contributed by atoms with E-state index >= 15 is 0 Å². The molecule has 6 nitrogen and oxygen atoms in total. The molecule has 0 radical (unpaired) electrons. The molecule has 7 heteroatoms. The number of aromatic carboxylic acids is 1. The van der Waals surface area contributed by atoms with Crippen LogP contribution in [0.3, 0.4) is 0 Å². The topological polar surface area (TPSA) is 80.0 Å². The lowest BCUT2D eigenvalue weighted by atomic mass is 9.82. The zero-order chi connectivity index (χ0) is 19.4. The van der Waals surface area contributed by atoms with E-state index in [2.05, 4.69) is 44.2 Å². The summed E-state index contributed by atoms with van der Waals surface area (Å²) in [7, 11) is 0. The van der Waals surface area contributed by atoms with Crippen molar-refractivity contribution in [2.75, 3.05) is 0 Å². The summed E-state index contributed by atoms with van der Waals surface area (Å²) in [5.74, 6) is -1.07. The Bertz CT molecular complexity index is 925. The maximum absolute atomic E-state index is 11.9. The third kappa shape index (κ3) is 3.23. The third-order valence-electron chi connectivity index (χ3n) is 4.52. The summed E-state index contributed by atoms with van der Waals surface area (Å²) in [6.45, 7) is 12.4. The van der Waals surface area contributed by atoms with E-state index in [-0.39, 0.29) is 27.7 Å². The first kappa shape index (κ1) is 18.9. The van der Waals surface area contributed by atoms with Gasteiger partial charge in [0.05, 0.1) is 27.9 Å². The Hall–Kier alpha value is -1.92. The Kier molecular flexibility index (Phi) is 4.40. The molecule has 2 aromatic rings. The standard InChI is InChI=1S/C19H25ClN4O2/c1-10(2)24-16-12(9-21-24)13(17(25)26)14(20)15(22-16)11-7-18(3,4)23-19(5,6)8-11/h7,9-10,23H,8H2,1-6H3,(H,25,26). The second-order valence-corrected chi connectivity index (χ2v) is 8.83. The molecule has 2 aromatic heterocycles. The number of carbonyl (C=O) groups is 1.